The predicted octanol–water partition coefficient (Wildman–Crippen LogP) is 3.96. The Balaban J connectivity index is 1.81. The smallest absolute Gasteiger partial charge is 0.332 e. The van der Waals surface area contributed by atoms with E-state index in [1.807, 2.05) is 0 Å². The van der Waals surface area contributed by atoms with Crippen molar-refractivity contribution in [3.63, 3.8) is 0 Å². The molecule has 0 unspecified atom stereocenters. The number of urea groups is 1. The van der Waals surface area contributed by atoms with Gasteiger partial charge in [-0.2, -0.15) is 0 Å². The fraction of sp³-hybridized carbons (Fsp3) is 0.125. The number of fused-ring (bicyclic) bond motifs is 1. The Morgan fingerprint density at radius 2 is 1.71 bits per heavy atom. The van der Waals surface area contributed by atoms with Crippen LogP contribution in [0.2, 0.25) is 10.0 Å². The Bertz CT molecular complexity index is 777. The first-order chi connectivity index (χ1) is 11.6. The third-order valence-corrected chi connectivity index (χ3v) is 3.68. The predicted molar refractivity (Wildman–Crippen MR) is 91.5 cm³/mol. The first-order valence-corrected chi connectivity index (χ1v) is 7.73. The summed E-state index contributed by atoms with van der Waals surface area (Å²) in [6.07, 6.45) is 0.384. The number of ether oxygens (including phenoxy) is 2. The number of halogens is 2. The van der Waals surface area contributed by atoms with Crippen LogP contribution >= 0.6 is 23.2 Å². The van der Waals surface area contributed by atoms with Crippen molar-refractivity contribution >= 4 is 47.0 Å². The molecular weight excluding hydrogens is 355 g/mol. The number of benzene rings is 2. The zero-order valence-corrected chi connectivity index (χ0v) is 13.8. The molecule has 0 aliphatic carbocycles. The summed E-state index contributed by atoms with van der Waals surface area (Å²) in [5, 5.41) is 3.25. The second kappa shape index (κ2) is 6.98. The second-order valence-electron chi connectivity index (χ2n) is 4.89. The molecule has 0 bridgehead atoms. The lowest BCUT2D eigenvalue weighted by Crippen LogP contribution is -2.33. The van der Waals surface area contributed by atoms with Gasteiger partial charge >= 0.3 is 6.03 Å². The van der Waals surface area contributed by atoms with Gasteiger partial charge in [0.2, 0.25) is 6.41 Å². The highest BCUT2D eigenvalue weighted by atomic mass is 35.5. The highest BCUT2D eigenvalue weighted by molar-refractivity contribution is 6.35. The maximum atomic E-state index is 12.4. The van der Waals surface area contributed by atoms with Crippen molar-refractivity contribution in [3.05, 3.63) is 46.4 Å². The molecule has 1 aliphatic heterocycles. The summed E-state index contributed by atoms with van der Waals surface area (Å²) < 4.78 is 10.9. The third-order valence-electron chi connectivity index (χ3n) is 3.24. The largest absolute Gasteiger partial charge is 0.486 e. The van der Waals surface area contributed by atoms with Crippen molar-refractivity contribution in [2.75, 3.05) is 23.4 Å². The minimum atomic E-state index is -0.653. The van der Waals surface area contributed by atoms with E-state index in [0.717, 1.165) is 4.90 Å². The van der Waals surface area contributed by atoms with Crippen LogP contribution < -0.4 is 19.7 Å². The van der Waals surface area contributed by atoms with E-state index in [0.29, 0.717) is 46.9 Å². The Hall–Kier alpha value is -2.44. The molecule has 0 radical (unpaired) electrons. The van der Waals surface area contributed by atoms with Crippen molar-refractivity contribution < 1.29 is 19.1 Å². The molecule has 3 rings (SSSR count). The molecule has 1 aliphatic rings. The molecule has 2 aromatic rings. The summed E-state index contributed by atoms with van der Waals surface area (Å²) in [6, 6.07) is 8.75. The summed E-state index contributed by atoms with van der Waals surface area (Å²) in [4.78, 5) is 24.6. The number of hydrogen-bond donors (Lipinski definition) is 1. The third kappa shape index (κ3) is 3.55. The van der Waals surface area contributed by atoms with Gasteiger partial charge in [-0.15, -0.1) is 0 Å². The molecule has 3 amide bonds. The number of nitrogens with zero attached hydrogens (tertiary/aromatic N) is 1. The second-order valence-corrected chi connectivity index (χ2v) is 5.76. The molecule has 0 saturated heterocycles. The fourth-order valence-corrected chi connectivity index (χ4v) is 2.72. The summed E-state index contributed by atoms with van der Waals surface area (Å²) in [5.74, 6) is 1.13. The van der Waals surface area contributed by atoms with E-state index < -0.39 is 6.03 Å². The number of carbonyl (C=O) groups excluding carboxylic acids is 2. The molecular formula is C16H12Cl2N2O4. The van der Waals surface area contributed by atoms with Gasteiger partial charge in [-0.3, -0.25) is 4.79 Å². The van der Waals surface area contributed by atoms with Crippen LogP contribution in [-0.2, 0) is 4.79 Å². The van der Waals surface area contributed by atoms with Gasteiger partial charge in [0.25, 0.3) is 0 Å². The Morgan fingerprint density at radius 3 is 2.38 bits per heavy atom. The van der Waals surface area contributed by atoms with Crippen molar-refractivity contribution in [3.8, 4) is 11.5 Å². The SMILES string of the molecule is O=CN(C(=O)Nc1ccc2c(c1)OCCO2)c1cc(Cl)cc(Cl)c1. The van der Waals surface area contributed by atoms with Gasteiger partial charge in [-0.1, -0.05) is 23.2 Å². The van der Waals surface area contributed by atoms with Crippen LogP contribution in [0.4, 0.5) is 16.2 Å². The number of amides is 3. The zero-order valence-electron chi connectivity index (χ0n) is 12.3. The minimum absolute atomic E-state index is 0.262. The first-order valence-electron chi connectivity index (χ1n) is 6.98. The topological polar surface area (TPSA) is 67.9 Å². The van der Waals surface area contributed by atoms with E-state index in [9.17, 15) is 9.59 Å². The summed E-state index contributed by atoms with van der Waals surface area (Å²) in [6.45, 7) is 0.916. The number of rotatable bonds is 3. The van der Waals surface area contributed by atoms with Crippen LogP contribution in [0.5, 0.6) is 11.5 Å². The van der Waals surface area contributed by atoms with Gasteiger partial charge in [-0.05, 0) is 30.3 Å². The Morgan fingerprint density at radius 1 is 1.04 bits per heavy atom. The van der Waals surface area contributed by atoms with Gasteiger partial charge in [0.05, 0.1) is 5.69 Å². The quantitative estimate of drug-likeness (QED) is 0.834. The zero-order chi connectivity index (χ0) is 17.1. The number of carbonyl (C=O) groups is 2. The van der Waals surface area contributed by atoms with Crippen molar-refractivity contribution in [2.24, 2.45) is 0 Å². The van der Waals surface area contributed by atoms with Gasteiger partial charge in [0.15, 0.2) is 11.5 Å². The molecule has 124 valence electrons. The molecule has 0 saturated carbocycles. The first kappa shape index (κ1) is 16.4. The molecule has 1 N–H and O–H groups in total. The molecule has 24 heavy (non-hydrogen) atoms. The van der Waals surface area contributed by atoms with E-state index in [-0.39, 0.29) is 5.69 Å². The summed E-state index contributed by atoms with van der Waals surface area (Å²) in [5.41, 5.74) is 0.724. The van der Waals surface area contributed by atoms with Gasteiger partial charge in [0, 0.05) is 21.8 Å². The van der Waals surface area contributed by atoms with Gasteiger partial charge in [0.1, 0.15) is 13.2 Å². The molecule has 0 aromatic heterocycles. The monoisotopic (exact) mass is 366 g/mol. The van der Waals surface area contributed by atoms with Crippen molar-refractivity contribution in [1.82, 2.24) is 0 Å². The highest BCUT2D eigenvalue weighted by Crippen LogP contribution is 2.33. The average molecular weight is 367 g/mol. The molecule has 0 atom stereocenters. The fourth-order valence-electron chi connectivity index (χ4n) is 2.21. The lowest BCUT2D eigenvalue weighted by Gasteiger charge is -2.20. The Kier molecular flexibility index (Phi) is 4.78. The van der Waals surface area contributed by atoms with Crippen molar-refractivity contribution in [1.29, 1.82) is 0 Å². The van der Waals surface area contributed by atoms with Crippen LogP contribution in [-0.4, -0.2) is 25.7 Å². The van der Waals surface area contributed by atoms with E-state index in [1.165, 1.54) is 18.2 Å². The molecule has 2 aromatic carbocycles. The normalized spacial score (nSPS) is 12.4. The van der Waals surface area contributed by atoms with Crippen LogP contribution in [0, 0.1) is 0 Å². The number of hydrogen-bond acceptors (Lipinski definition) is 4. The number of nitrogens with one attached hydrogen (secondary N) is 1. The van der Waals surface area contributed by atoms with E-state index >= 15 is 0 Å². The maximum Gasteiger partial charge on any atom is 0.332 e. The van der Waals surface area contributed by atoms with Crippen LogP contribution in [0.1, 0.15) is 0 Å². The molecule has 6 nitrogen and oxygen atoms in total. The van der Waals surface area contributed by atoms with Gasteiger partial charge in [-0.25, -0.2) is 9.69 Å². The minimum Gasteiger partial charge on any atom is -0.486 e. The average Bonchev–Trinajstić information content (AvgIpc) is 2.54. The lowest BCUT2D eigenvalue weighted by molar-refractivity contribution is -0.106. The lowest BCUT2D eigenvalue weighted by atomic mass is 10.2. The maximum absolute atomic E-state index is 12.4. The van der Waals surface area contributed by atoms with E-state index in [2.05, 4.69) is 5.32 Å². The van der Waals surface area contributed by atoms with Crippen LogP contribution in [0.15, 0.2) is 36.4 Å². The molecule has 8 heteroatoms. The summed E-state index contributed by atoms with van der Waals surface area (Å²) in [7, 11) is 0. The summed E-state index contributed by atoms with van der Waals surface area (Å²) >= 11 is 11.8. The standard InChI is InChI=1S/C16H12Cl2N2O4/c17-10-5-11(18)7-13(6-10)20(9-21)16(22)19-12-1-2-14-15(8-12)24-4-3-23-14/h1-2,5-9H,3-4H2,(H,19,22). The molecule has 0 fully saturated rings. The van der Waals surface area contributed by atoms with E-state index in [4.69, 9.17) is 32.7 Å². The van der Waals surface area contributed by atoms with Gasteiger partial charge < -0.3 is 14.8 Å². The van der Waals surface area contributed by atoms with Crippen LogP contribution in [0.25, 0.3) is 0 Å². The highest BCUT2D eigenvalue weighted by Gasteiger charge is 2.18. The van der Waals surface area contributed by atoms with Crippen LogP contribution in [0.3, 0.4) is 0 Å². The molecule has 0 spiro atoms. The molecule has 1 heterocycles. The van der Waals surface area contributed by atoms with Crippen molar-refractivity contribution in [2.45, 2.75) is 0 Å². The number of imide groups is 1. The van der Waals surface area contributed by atoms with E-state index in [1.54, 1.807) is 18.2 Å². The Labute approximate surface area is 147 Å². The number of anilines is 2.